The number of hydrogen-bond acceptors (Lipinski definition) is 3. The maximum atomic E-state index is 12.7. The molecule has 1 amide bonds. The molecule has 1 fully saturated rings. The van der Waals surface area contributed by atoms with Crippen LogP contribution in [0.3, 0.4) is 0 Å². The second-order valence-electron chi connectivity index (χ2n) is 2.40. The number of hydrazone groups is 1. The SMILES string of the molecule is COC(=O)N/N=C/C1(F)CC1. The Labute approximate surface area is 63.4 Å². The molecular weight excluding hydrogens is 151 g/mol. The van der Waals surface area contributed by atoms with E-state index in [4.69, 9.17) is 0 Å². The molecule has 0 saturated heterocycles. The van der Waals surface area contributed by atoms with E-state index in [0.29, 0.717) is 12.8 Å². The summed E-state index contributed by atoms with van der Waals surface area (Å²) < 4.78 is 16.9. The molecule has 0 heterocycles. The van der Waals surface area contributed by atoms with Crippen LogP contribution in [-0.2, 0) is 4.74 Å². The molecule has 0 radical (unpaired) electrons. The average molecular weight is 160 g/mol. The van der Waals surface area contributed by atoms with Gasteiger partial charge in [-0.05, 0) is 12.8 Å². The van der Waals surface area contributed by atoms with Gasteiger partial charge in [0.05, 0.1) is 13.3 Å². The smallest absolute Gasteiger partial charge is 0.427 e. The van der Waals surface area contributed by atoms with Gasteiger partial charge in [-0.3, -0.25) is 0 Å². The fourth-order valence-electron chi connectivity index (χ4n) is 0.495. The van der Waals surface area contributed by atoms with E-state index < -0.39 is 11.8 Å². The third kappa shape index (κ3) is 2.53. The number of nitrogens with zero attached hydrogens (tertiary/aromatic N) is 1. The minimum Gasteiger partial charge on any atom is -0.452 e. The molecule has 1 N–H and O–H groups in total. The first-order chi connectivity index (χ1) is 5.16. The number of amides is 1. The van der Waals surface area contributed by atoms with Gasteiger partial charge in [0.2, 0.25) is 0 Å². The van der Waals surface area contributed by atoms with Gasteiger partial charge in [0, 0.05) is 0 Å². The van der Waals surface area contributed by atoms with Crippen molar-refractivity contribution >= 4 is 12.3 Å². The molecule has 62 valence electrons. The molecule has 5 heteroatoms. The molecule has 0 unspecified atom stereocenters. The van der Waals surface area contributed by atoms with Crippen LogP contribution in [0.5, 0.6) is 0 Å². The van der Waals surface area contributed by atoms with E-state index in [1.54, 1.807) is 0 Å². The Balaban J connectivity index is 2.20. The Bertz CT molecular complexity index is 189. The van der Waals surface area contributed by atoms with Crippen molar-refractivity contribution in [3.8, 4) is 0 Å². The zero-order valence-electron chi connectivity index (χ0n) is 6.13. The molecule has 1 aliphatic carbocycles. The molecule has 1 saturated carbocycles. The van der Waals surface area contributed by atoms with Crippen LogP contribution in [0.15, 0.2) is 5.10 Å². The average Bonchev–Trinajstić information content (AvgIpc) is 2.68. The summed E-state index contributed by atoms with van der Waals surface area (Å²) in [5, 5.41) is 3.35. The topological polar surface area (TPSA) is 50.7 Å². The number of carbonyl (C=O) groups excluding carboxylic acids is 1. The van der Waals surface area contributed by atoms with Crippen LogP contribution in [0.2, 0.25) is 0 Å². The number of carbonyl (C=O) groups is 1. The Morgan fingerprint density at radius 1 is 1.82 bits per heavy atom. The van der Waals surface area contributed by atoms with E-state index in [9.17, 15) is 9.18 Å². The molecule has 1 aliphatic rings. The normalized spacial score (nSPS) is 19.8. The highest BCUT2D eigenvalue weighted by Crippen LogP contribution is 2.37. The molecule has 0 spiro atoms. The summed E-state index contributed by atoms with van der Waals surface area (Å²) in [5.41, 5.74) is 0.720. The monoisotopic (exact) mass is 160 g/mol. The lowest BCUT2D eigenvalue weighted by Crippen LogP contribution is -2.18. The first-order valence-corrected chi connectivity index (χ1v) is 3.23. The first kappa shape index (κ1) is 7.97. The fraction of sp³-hybridized carbons (Fsp3) is 0.667. The van der Waals surface area contributed by atoms with Crippen molar-refractivity contribution in [3.63, 3.8) is 0 Å². The largest absolute Gasteiger partial charge is 0.452 e. The minimum atomic E-state index is -1.28. The highest BCUT2D eigenvalue weighted by Gasteiger charge is 2.41. The van der Waals surface area contributed by atoms with Crippen LogP contribution in [0.1, 0.15) is 12.8 Å². The number of ether oxygens (including phenoxy) is 1. The van der Waals surface area contributed by atoms with Crippen molar-refractivity contribution in [2.75, 3.05) is 7.11 Å². The fourth-order valence-corrected chi connectivity index (χ4v) is 0.495. The Morgan fingerprint density at radius 3 is 2.91 bits per heavy atom. The van der Waals surface area contributed by atoms with E-state index in [1.165, 1.54) is 7.11 Å². The van der Waals surface area contributed by atoms with E-state index in [1.807, 2.05) is 5.43 Å². The standard InChI is InChI=1S/C6H9FN2O2/c1-11-5(10)9-8-4-6(7)2-3-6/h4H,2-3H2,1H3,(H,9,10)/b8-4+. The molecule has 0 aromatic rings. The van der Waals surface area contributed by atoms with Crippen LogP contribution >= 0.6 is 0 Å². The molecule has 0 atom stereocenters. The van der Waals surface area contributed by atoms with Gasteiger partial charge in [-0.15, -0.1) is 0 Å². The van der Waals surface area contributed by atoms with Crippen molar-refractivity contribution in [3.05, 3.63) is 0 Å². The lowest BCUT2D eigenvalue weighted by Gasteiger charge is -1.96. The van der Waals surface area contributed by atoms with Crippen molar-refractivity contribution in [2.24, 2.45) is 5.10 Å². The summed E-state index contributed by atoms with van der Waals surface area (Å²) in [6, 6.07) is 0. The Kier molecular flexibility index (Phi) is 2.07. The Morgan fingerprint density at radius 2 is 2.45 bits per heavy atom. The zero-order valence-corrected chi connectivity index (χ0v) is 6.13. The predicted octanol–water partition coefficient (Wildman–Crippen LogP) is 0.830. The zero-order chi connectivity index (χ0) is 8.32. The number of rotatable bonds is 2. The van der Waals surface area contributed by atoms with E-state index in [-0.39, 0.29) is 0 Å². The summed E-state index contributed by atoms with van der Waals surface area (Å²) in [6.07, 6.45) is 1.37. The molecule has 1 rings (SSSR count). The number of nitrogens with one attached hydrogen (secondary N) is 1. The lowest BCUT2D eigenvalue weighted by molar-refractivity contribution is 0.171. The summed E-state index contributed by atoms with van der Waals surface area (Å²) in [4.78, 5) is 10.3. The quantitative estimate of drug-likeness (QED) is 0.480. The molecule has 0 aliphatic heterocycles. The highest BCUT2D eigenvalue weighted by molar-refractivity contribution is 5.74. The first-order valence-electron chi connectivity index (χ1n) is 3.23. The van der Waals surface area contributed by atoms with Gasteiger partial charge in [-0.2, -0.15) is 5.10 Å². The summed E-state index contributed by atoms with van der Waals surface area (Å²) >= 11 is 0. The third-order valence-corrected chi connectivity index (χ3v) is 1.36. The molecule has 0 aromatic carbocycles. The number of halogens is 1. The van der Waals surface area contributed by atoms with Crippen LogP contribution in [-0.4, -0.2) is 25.1 Å². The predicted molar refractivity (Wildman–Crippen MR) is 37.1 cm³/mol. The second-order valence-corrected chi connectivity index (χ2v) is 2.40. The number of alkyl halides is 1. The molecular formula is C6H9FN2O2. The van der Waals surface area contributed by atoms with Crippen LogP contribution in [0, 0.1) is 0 Å². The minimum absolute atomic E-state index is 0.485. The second kappa shape index (κ2) is 2.86. The van der Waals surface area contributed by atoms with Gasteiger partial charge in [0.15, 0.2) is 0 Å². The van der Waals surface area contributed by atoms with Crippen molar-refractivity contribution in [1.82, 2.24) is 5.43 Å². The molecule has 11 heavy (non-hydrogen) atoms. The van der Waals surface area contributed by atoms with Crippen LogP contribution in [0.25, 0.3) is 0 Å². The van der Waals surface area contributed by atoms with Gasteiger partial charge < -0.3 is 4.74 Å². The van der Waals surface area contributed by atoms with Crippen LogP contribution < -0.4 is 5.43 Å². The van der Waals surface area contributed by atoms with Crippen molar-refractivity contribution in [1.29, 1.82) is 0 Å². The maximum Gasteiger partial charge on any atom is 0.427 e. The van der Waals surface area contributed by atoms with Gasteiger partial charge in [-0.25, -0.2) is 14.6 Å². The third-order valence-electron chi connectivity index (χ3n) is 1.36. The van der Waals surface area contributed by atoms with Gasteiger partial charge in [-0.1, -0.05) is 0 Å². The van der Waals surface area contributed by atoms with Gasteiger partial charge in [0.25, 0.3) is 0 Å². The van der Waals surface area contributed by atoms with E-state index >= 15 is 0 Å². The summed E-state index contributed by atoms with van der Waals surface area (Å²) in [5.74, 6) is 0. The van der Waals surface area contributed by atoms with Crippen molar-refractivity contribution < 1.29 is 13.9 Å². The Hall–Kier alpha value is -1.13. The lowest BCUT2D eigenvalue weighted by atomic mass is 10.4. The molecule has 0 bridgehead atoms. The van der Waals surface area contributed by atoms with Gasteiger partial charge >= 0.3 is 6.09 Å². The molecule has 4 nitrogen and oxygen atoms in total. The summed E-state index contributed by atoms with van der Waals surface area (Å²) in [7, 11) is 1.22. The van der Waals surface area contributed by atoms with E-state index in [2.05, 4.69) is 9.84 Å². The van der Waals surface area contributed by atoms with Crippen LogP contribution in [0.4, 0.5) is 9.18 Å². The van der Waals surface area contributed by atoms with Crippen molar-refractivity contribution in [2.45, 2.75) is 18.5 Å². The maximum absolute atomic E-state index is 12.7. The van der Waals surface area contributed by atoms with Gasteiger partial charge in [0.1, 0.15) is 5.67 Å². The number of methoxy groups -OCH3 is 1. The molecule has 0 aromatic heterocycles. The summed E-state index contributed by atoms with van der Waals surface area (Å²) in [6.45, 7) is 0. The van der Waals surface area contributed by atoms with E-state index in [0.717, 1.165) is 6.21 Å². The number of hydrogen-bond donors (Lipinski definition) is 1. The highest BCUT2D eigenvalue weighted by atomic mass is 19.1.